The third-order valence-electron chi connectivity index (χ3n) is 4.23. The molecule has 0 spiro atoms. The SMILES string of the molecule is CCOc1cc(/C=C2\SC(=O)N(Cc3cccc(C)c3)C2=O)ccc1OCC(N)=O. The zero-order valence-corrected chi connectivity index (χ0v) is 17.5. The molecule has 1 aliphatic heterocycles. The molecule has 1 saturated heterocycles. The largest absolute Gasteiger partial charge is 0.490 e. The number of imide groups is 1. The number of benzene rings is 2. The maximum atomic E-state index is 12.8. The van der Waals surface area contributed by atoms with Crippen LogP contribution in [-0.4, -0.2) is 35.2 Å². The number of primary amides is 1. The summed E-state index contributed by atoms with van der Waals surface area (Å²) < 4.78 is 10.9. The molecule has 30 heavy (non-hydrogen) atoms. The Morgan fingerprint density at radius 3 is 2.63 bits per heavy atom. The molecule has 0 bridgehead atoms. The molecule has 156 valence electrons. The molecule has 0 aliphatic carbocycles. The molecule has 1 fully saturated rings. The number of thioether (sulfide) groups is 1. The molecule has 2 N–H and O–H groups in total. The second-order valence-electron chi connectivity index (χ2n) is 6.65. The van der Waals surface area contributed by atoms with E-state index in [1.807, 2.05) is 38.1 Å². The minimum absolute atomic E-state index is 0.230. The average molecular weight is 426 g/mol. The number of hydrogen-bond donors (Lipinski definition) is 1. The second-order valence-corrected chi connectivity index (χ2v) is 7.64. The van der Waals surface area contributed by atoms with Crippen LogP contribution in [0.3, 0.4) is 0 Å². The van der Waals surface area contributed by atoms with E-state index in [0.717, 1.165) is 22.9 Å². The molecule has 1 aliphatic rings. The van der Waals surface area contributed by atoms with Crippen LogP contribution in [0.4, 0.5) is 4.79 Å². The number of rotatable bonds is 8. The van der Waals surface area contributed by atoms with Crippen molar-refractivity contribution in [3.63, 3.8) is 0 Å². The van der Waals surface area contributed by atoms with Crippen molar-refractivity contribution >= 4 is 34.9 Å². The van der Waals surface area contributed by atoms with E-state index in [2.05, 4.69) is 0 Å². The van der Waals surface area contributed by atoms with Gasteiger partial charge in [-0.05, 0) is 54.9 Å². The van der Waals surface area contributed by atoms with Crippen LogP contribution >= 0.6 is 11.8 Å². The van der Waals surface area contributed by atoms with Crippen molar-refractivity contribution < 1.29 is 23.9 Å². The average Bonchev–Trinajstić information content (AvgIpc) is 2.95. The quantitative estimate of drug-likeness (QED) is 0.649. The van der Waals surface area contributed by atoms with Crippen molar-refractivity contribution in [2.24, 2.45) is 5.73 Å². The van der Waals surface area contributed by atoms with E-state index in [1.165, 1.54) is 4.90 Å². The van der Waals surface area contributed by atoms with Crippen LogP contribution in [0, 0.1) is 6.92 Å². The number of hydrogen-bond acceptors (Lipinski definition) is 6. The van der Waals surface area contributed by atoms with Gasteiger partial charge in [-0.15, -0.1) is 0 Å². The van der Waals surface area contributed by atoms with Crippen molar-refractivity contribution in [1.82, 2.24) is 4.90 Å². The lowest BCUT2D eigenvalue weighted by molar-refractivity contribution is -0.123. The molecule has 0 aromatic heterocycles. The minimum Gasteiger partial charge on any atom is -0.490 e. The first-order valence-corrected chi connectivity index (χ1v) is 10.2. The fraction of sp³-hybridized carbons (Fsp3) is 0.227. The molecular weight excluding hydrogens is 404 g/mol. The van der Waals surface area contributed by atoms with Crippen LogP contribution in [0.1, 0.15) is 23.6 Å². The Bertz CT molecular complexity index is 1020. The fourth-order valence-electron chi connectivity index (χ4n) is 2.93. The van der Waals surface area contributed by atoms with E-state index in [0.29, 0.717) is 28.6 Å². The topological polar surface area (TPSA) is 98.9 Å². The summed E-state index contributed by atoms with van der Waals surface area (Å²) in [6.07, 6.45) is 1.64. The van der Waals surface area contributed by atoms with E-state index in [4.69, 9.17) is 15.2 Å². The molecule has 3 amide bonds. The molecule has 0 unspecified atom stereocenters. The Kier molecular flexibility index (Phi) is 6.79. The number of amides is 3. The van der Waals surface area contributed by atoms with Crippen LogP contribution in [0.25, 0.3) is 6.08 Å². The van der Waals surface area contributed by atoms with Gasteiger partial charge in [0.2, 0.25) is 0 Å². The van der Waals surface area contributed by atoms with Crippen molar-refractivity contribution in [1.29, 1.82) is 0 Å². The molecule has 8 heteroatoms. The molecule has 0 atom stereocenters. The first kappa shape index (κ1) is 21.4. The predicted octanol–water partition coefficient (Wildman–Crippen LogP) is 3.49. The summed E-state index contributed by atoms with van der Waals surface area (Å²) in [5.74, 6) is -0.130. The van der Waals surface area contributed by atoms with Crippen molar-refractivity contribution in [3.8, 4) is 11.5 Å². The van der Waals surface area contributed by atoms with Gasteiger partial charge in [-0.1, -0.05) is 35.9 Å². The van der Waals surface area contributed by atoms with Crippen molar-refractivity contribution in [3.05, 3.63) is 64.1 Å². The third-order valence-corrected chi connectivity index (χ3v) is 5.14. The van der Waals surface area contributed by atoms with Gasteiger partial charge in [0.1, 0.15) is 0 Å². The number of ether oxygens (including phenoxy) is 2. The van der Waals surface area contributed by atoms with Crippen molar-refractivity contribution in [2.75, 3.05) is 13.2 Å². The van der Waals surface area contributed by atoms with Crippen LogP contribution < -0.4 is 15.2 Å². The molecule has 2 aromatic carbocycles. The van der Waals surface area contributed by atoms with E-state index >= 15 is 0 Å². The van der Waals surface area contributed by atoms with Gasteiger partial charge in [-0.25, -0.2) is 0 Å². The number of nitrogens with two attached hydrogens (primary N) is 1. The maximum Gasteiger partial charge on any atom is 0.293 e. The fourth-order valence-corrected chi connectivity index (χ4v) is 3.77. The van der Waals surface area contributed by atoms with E-state index in [9.17, 15) is 14.4 Å². The number of carbonyl (C=O) groups is 3. The van der Waals surface area contributed by atoms with Crippen LogP contribution in [0.15, 0.2) is 47.4 Å². The van der Waals surface area contributed by atoms with Crippen LogP contribution in [0.2, 0.25) is 0 Å². The van der Waals surface area contributed by atoms with Gasteiger partial charge in [-0.2, -0.15) is 0 Å². The van der Waals surface area contributed by atoms with E-state index in [-0.39, 0.29) is 24.3 Å². The first-order chi connectivity index (χ1) is 14.4. The van der Waals surface area contributed by atoms with Gasteiger partial charge in [-0.3, -0.25) is 19.3 Å². The third kappa shape index (κ3) is 5.21. The molecule has 1 heterocycles. The first-order valence-electron chi connectivity index (χ1n) is 9.36. The van der Waals surface area contributed by atoms with E-state index < -0.39 is 5.91 Å². The number of aryl methyl sites for hydroxylation is 1. The molecule has 2 aromatic rings. The summed E-state index contributed by atoms with van der Waals surface area (Å²) in [5, 5.41) is -0.306. The summed E-state index contributed by atoms with van der Waals surface area (Å²) in [5.41, 5.74) is 7.75. The Labute approximate surface area is 178 Å². The highest BCUT2D eigenvalue weighted by molar-refractivity contribution is 8.18. The lowest BCUT2D eigenvalue weighted by Gasteiger charge is -2.13. The Balaban J connectivity index is 1.80. The predicted molar refractivity (Wildman–Crippen MR) is 115 cm³/mol. The summed E-state index contributed by atoms with van der Waals surface area (Å²) in [6.45, 7) is 4.14. The Hall–Kier alpha value is -3.26. The lowest BCUT2D eigenvalue weighted by Crippen LogP contribution is -2.27. The number of carbonyl (C=O) groups excluding carboxylic acids is 3. The minimum atomic E-state index is -0.594. The summed E-state index contributed by atoms with van der Waals surface area (Å²) in [4.78, 5) is 37.7. The normalized spacial score (nSPS) is 15.0. The molecular formula is C22H22N2O5S. The zero-order chi connectivity index (χ0) is 21.7. The molecule has 7 nitrogen and oxygen atoms in total. The highest BCUT2D eigenvalue weighted by Gasteiger charge is 2.35. The highest BCUT2D eigenvalue weighted by atomic mass is 32.2. The monoisotopic (exact) mass is 426 g/mol. The molecule has 3 rings (SSSR count). The molecule has 0 saturated carbocycles. The summed E-state index contributed by atoms with van der Waals surface area (Å²) in [6, 6.07) is 12.7. The standard InChI is InChI=1S/C22H22N2O5S/c1-3-28-18-10-15(7-8-17(18)29-13-20(23)25)11-19-21(26)24(22(27)30-19)12-16-6-4-5-14(2)9-16/h4-11H,3,12-13H2,1-2H3,(H2,23,25)/b19-11-. The Morgan fingerprint density at radius 2 is 1.93 bits per heavy atom. The lowest BCUT2D eigenvalue weighted by atomic mass is 10.1. The van der Waals surface area contributed by atoms with E-state index in [1.54, 1.807) is 24.3 Å². The highest BCUT2D eigenvalue weighted by Crippen LogP contribution is 2.35. The van der Waals surface area contributed by atoms with Gasteiger partial charge < -0.3 is 15.2 Å². The van der Waals surface area contributed by atoms with Crippen LogP contribution in [-0.2, 0) is 16.1 Å². The van der Waals surface area contributed by atoms with Gasteiger partial charge in [0.05, 0.1) is 18.1 Å². The second kappa shape index (κ2) is 9.49. The maximum absolute atomic E-state index is 12.8. The summed E-state index contributed by atoms with van der Waals surface area (Å²) in [7, 11) is 0. The summed E-state index contributed by atoms with van der Waals surface area (Å²) >= 11 is 0.903. The van der Waals surface area contributed by atoms with Gasteiger partial charge in [0, 0.05) is 0 Å². The Morgan fingerprint density at radius 1 is 1.13 bits per heavy atom. The van der Waals surface area contributed by atoms with Crippen molar-refractivity contribution in [2.45, 2.75) is 20.4 Å². The van der Waals surface area contributed by atoms with Gasteiger partial charge >= 0.3 is 0 Å². The number of nitrogens with zero attached hydrogens (tertiary/aromatic N) is 1. The zero-order valence-electron chi connectivity index (χ0n) is 16.7. The smallest absolute Gasteiger partial charge is 0.293 e. The van der Waals surface area contributed by atoms with Gasteiger partial charge in [0.15, 0.2) is 18.1 Å². The van der Waals surface area contributed by atoms with Gasteiger partial charge in [0.25, 0.3) is 17.1 Å². The molecule has 0 radical (unpaired) electrons. The van der Waals surface area contributed by atoms with Crippen LogP contribution in [0.5, 0.6) is 11.5 Å².